The third-order valence-electron chi connectivity index (χ3n) is 7.23. The molecule has 0 bridgehead atoms. The maximum absolute atomic E-state index is 15.0. The Morgan fingerprint density at radius 2 is 1.24 bits per heavy atom. The molecule has 0 aliphatic carbocycles. The van der Waals surface area contributed by atoms with Gasteiger partial charge in [0.2, 0.25) is 17.6 Å². The third kappa shape index (κ3) is 2.88. The van der Waals surface area contributed by atoms with Gasteiger partial charge in [-0.25, -0.2) is 4.98 Å². The molecule has 4 aromatic carbocycles. The molecule has 6 heteroatoms. The smallest absolute Gasteiger partial charge is 0.232 e. The molecular formula is C32H17F2N3O. The van der Waals surface area contributed by atoms with E-state index in [1.54, 1.807) is 0 Å². The van der Waals surface area contributed by atoms with Crippen molar-refractivity contribution in [1.29, 1.82) is 0 Å². The standard InChI is InChI=1S/C32H17F2N3O/c33-26-15-14-24(31(34)35-26)29-21-9-3-1-7-19(21)28(20-8-2-4-10-22(20)29)18-13-16-27-36-30-23-11-5-6-12-25(23)38-32(30)37(27)17-18/h1-17H. The van der Waals surface area contributed by atoms with Crippen molar-refractivity contribution in [2.45, 2.75) is 0 Å². The van der Waals surface area contributed by atoms with Crippen LogP contribution in [-0.2, 0) is 0 Å². The average Bonchev–Trinajstić information content (AvgIpc) is 3.48. The highest BCUT2D eigenvalue weighted by Gasteiger charge is 2.20. The molecule has 0 radical (unpaired) electrons. The number of nitrogens with zero attached hydrogens (tertiary/aromatic N) is 3. The van der Waals surface area contributed by atoms with Gasteiger partial charge in [0.25, 0.3) is 0 Å². The Bertz CT molecular complexity index is 2170. The highest BCUT2D eigenvalue weighted by atomic mass is 19.1. The van der Waals surface area contributed by atoms with Crippen LogP contribution in [0.2, 0.25) is 0 Å². The first-order valence-electron chi connectivity index (χ1n) is 12.2. The van der Waals surface area contributed by atoms with E-state index in [2.05, 4.69) is 11.1 Å². The van der Waals surface area contributed by atoms with E-state index >= 15 is 4.39 Å². The highest BCUT2D eigenvalue weighted by Crippen LogP contribution is 2.44. The van der Waals surface area contributed by atoms with E-state index in [-0.39, 0.29) is 5.56 Å². The van der Waals surface area contributed by atoms with Gasteiger partial charge in [0.05, 0.1) is 0 Å². The molecule has 8 rings (SSSR count). The summed E-state index contributed by atoms with van der Waals surface area (Å²) in [5.74, 6) is -1.68. The lowest BCUT2D eigenvalue weighted by Gasteiger charge is -2.17. The number of hydrogen-bond acceptors (Lipinski definition) is 3. The number of pyridine rings is 2. The Morgan fingerprint density at radius 3 is 1.92 bits per heavy atom. The number of benzene rings is 4. The number of furan rings is 1. The van der Waals surface area contributed by atoms with E-state index in [4.69, 9.17) is 9.40 Å². The Labute approximate surface area is 214 Å². The molecule has 38 heavy (non-hydrogen) atoms. The van der Waals surface area contributed by atoms with Crippen LogP contribution < -0.4 is 0 Å². The lowest BCUT2D eigenvalue weighted by atomic mass is 9.86. The molecule has 4 aromatic heterocycles. The summed E-state index contributed by atoms with van der Waals surface area (Å²) in [5.41, 5.74) is 6.02. The monoisotopic (exact) mass is 497 g/mol. The van der Waals surface area contributed by atoms with Crippen molar-refractivity contribution in [2.24, 2.45) is 0 Å². The molecule has 0 saturated heterocycles. The summed E-state index contributed by atoms with van der Waals surface area (Å²) >= 11 is 0. The van der Waals surface area contributed by atoms with E-state index < -0.39 is 11.9 Å². The number of hydrogen-bond donors (Lipinski definition) is 0. The minimum Gasteiger partial charge on any atom is -0.437 e. The lowest BCUT2D eigenvalue weighted by Crippen LogP contribution is -1.96. The maximum Gasteiger partial charge on any atom is 0.232 e. The SMILES string of the molecule is Fc1ccc(-c2c3ccccc3c(-c3ccc4nc5c6ccccc6oc5n4c3)c3ccccc23)c(F)n1. The van der Waals surface area contributed by atoms with Crippen LogP contribution in [0.25, 0.3) is 71.6 Å². The molecule has 4 nitrogen and oxygen atoms in total. The molecular weight excluding hydrogens is 480 g/mol. The zero-order chi connectivity index (χ0) is 25.4. The van der Waals surface area contributed by atoms with Gasteiger partial charge in [-0.15, -0.1) is 0 Å². The van der Waals surface area contributed by atoms with E-state index in [1.807, 2.05) is 89.5 Å². The predicted molar refractivity (Wildman–Crippen MR) is 146 cm³/mol. The van der Waals surface area contributed by atoms with Gasteiger partial charge in [0.15, 0.2) is 0 Å². The number of rotatable bonds is 2. The number of fused-ring (bicyclic) bond motifs is 7. The zero-order valence-corrected chi connectivity index (χ0v) is 19.8. The first-order valence-corrected chi connectivity index (χ1v) is 12.2. The summed E-state index contributed by atoms with van der Waals surface area (Å²) in [7, 11) is 0. The van der Waals surface area contributed by atoms with Gasteiger partial charge >= 0.3 is 0 Å². The molecule has 0 atom stereocenters. The normalized spacial score (nSPS) is 11.9. The molecule has 0 fully saturated rings. The molecule has 0 aliphatic rings. The molecule has 180 valence electrons. The predicted octanol–water partition coefficient (Wildman–Crippen LogP) is 8.55. The molecule has 0 saturated carbocycles. The van der Waals surface area contributed by atoms with Crippen LogP contribution in [0.15, 0.2) is 108 Å². The second kappa shape index (κ2) is 7.70. The molecule has 0 N–H and O–H groups in total. The fourth-order valence-electron chi connectivity index (χ4n) is 5.63. The fraction of sp³-hybridized carbons (Fsp3) is 0. The summed E-state index contributed by atoms with van der Waals surface area (Å²) in [6, 6.07) is 30.4. The zero-order valence-electron chi connectivity index (χ0n) is 19.8. The van der Waals surface area contributed by atoms with Gasteiger partial charge in [-0.05, 0) is 69.1 Å². The Kier molecular flexibility index (Phi) is 4.26. The molecule has 0 unspecified atom stereocenters. The van der Waals surface area contributed by atoms with Crippen molar-refractivity contribution in [3.8, 4) is 22.3 Å². The average molecular weight is 498 g/mol. The van der Waals surface area contributed by atoms with E-state index in [1.165, 1.54) is 12.1 Å². The van der Waals surface area contributed by atoms with Crippen LogP contribution in [0.1, 0.15) is 0 Å². The third-order valence-corrected chi connectivity index (χ3v) is 7.23. The maximum atomic E-state index is 15.0. The largest absolute Gasteiger partial charge is 0.437 e. The van der Waals surface area contributed by atoms with Crippen LogP contribution in [0.3, 0.4) is 0 Å². The molecule has 8 aromatic rings. The van der Waals surface area contributed by atoms with Gasteiger partial charge in [0, 0.05) is 22.7 Å². The Morgan fingerprint density at radius 1 is 0.605 bits per heavy atom. The van der Waals surface area contributed by atoms with Gasteiger partial charge in [-0.1, -0.05) is 60.7 Å². The minimum absolute atomic E-state index is 0.263. The number of para-hydroxylation sites is 1. The first-order chi connectivity index (χ1) is 18.7. The Hall–Kier alpha value is -5.10. The van der Waals surface area contributed by atoms with Crippen molar-refractivity contribution >= 4 is 49.4 Å². The van der Waals surface area contributed by atoms with Crippen LogP contribution in [0.5, 0.6) is 0 Å². The summed E-state index contributed by atoms with van der Waals surface area (Å²) in [5, 5.41) is 4.58. The number of imidazole rings is 1. The molecule has 4 heterocycles. The second-order valence-corrected chi connectivity index (χ2v) is 9.32. The number of aromatic nitrogens is 3. The van der Waals surface area contributed by atoms with Gasteiger partial charge in [-0.2, -0.15) is 13.8 Å². The highest BCUT2D eigenvalue weighted by molar-refractivity contribution is 6.21. The number of halogens is 2. The van der Waals surface area contributed by atoms with E-state index in [9.17, 15) is 4.39 Å². The van der Waals surface area contributed by atoms with E-state index in [0.29, 0.717) is 11.3 Å². The summed E-state index contributed by atoms with van der Waals surface area (Å²) in [4.78, 5) is 8.29. The van der Waals surface area contributed by atoms with Crippen molar-refractivity contribution in [3.63, 3.8) is 0 Å². The van der Waals surface area contributed by atoms with Crippen LogP contribution in [0.4, 0.5) is 8.78 Å². The van der Waals surface area contributed by atoms with Crippen molar-refractivity contribution in [1.82, 2.24) is 14.4 Å². The van der Waals surface area contributed by atoms with Crippen molar-refractivity contribution in [2.75, 3.05) is 0 Å². The first kappa shape index (κ1) is 21.0. The Balaban J connectivity index is 1.48. The molecule has 0 aliphatic heterocycles. The molecule has 0 spiro atoms. The summed E-state index contributed by atoms with van der Waals surface area (Å²) in [6.45, 7) is 0. The minimum atomic E-state index is -0.845. The molecule has 0 amide bonds. The van der Waals surface area contributed by atoms with Crippen LogP contribution in [-0.4, -0.2) is 14.4 Å². The van der Waals surface area contributed by atoms with Crippen LogP contribution in [0, 0.1) is 11.9 Å². The van der Waals surface area contributed by atoms with Gasteiger partial charge in [0.1, 0.15) is 16.7 Å². The summed E-state index contributed by atoms with van der Waals surface area (Å²) < 4.78 is 36.9. The van der Waals surface area contributed by atoms with Crippen molar-refractivity contribution in [3.05, 3.63) is 115 Å². The topological polar surface area (TPSA) is 43.3 Å². The summed E-state index contributed by atoms with van der Waals surface area (Å²) in [6.07, 6.45) is 2.04. The van der Waals surface area contributed by atoms with Crippen LogP contribution >= 0.6 is 0 Å². The second-order valence-electron chi connectivity index (χ2n) is 9.32. The van der Waals surface area contributed by atoms with Gasteiger partial charge in [-0.3, -0.25) is 4.40 Å². The fourth-order valence-corrected chi connectivity index (χ4v) is 5.63. The lowest BCUT2D eigenvalue weighted by molar-refractivity contribution is 0.515. The van der Waals surface area contributed by atoms with E-state index in [0.717, 1.165) is 54.8 Å². The quantitative estimate of drug-likeness (QED) is 0.178. The van der Waals surface area contributed by atoms with Gasteiger partial charge < -0.3 is 4.42 Å². The van der Waals surface area contributed by atoms with Crippen molar-refractivity contribution < 1.29 is 13.2 Å².